The Kier molecular flexibility index (Phi) is 3.68. The van der Waals surface area contributed by atoms with Gasteiger partial charge >= 0.3 is 0 Å². The van der Waals surface area contributed by atoms with Crippen LogP contribution in [0.25, 0.3) is 5.57 Å². The molecule has 4 N–H and O–H groups in total. The highest BCUT2D eigenvalue weighted by atomic mass is 14.7. The molecular formula is C18H20N2. The third-order valence-electron chi connectivity index (χ3n) is 4.00. The van der Waals surface area contributed by atoms with Gasteiger partial charge < -0.3 is 11.5 Å². The first-order valence-corrected chi connectivity index (χ1v) is 7.11. The van der Waals surface area contributed by atoms with Gasteiger partial charge in [0, 0.05) is 18.5 Å². The number of rotatable bonds is 3. The molecule has 3 rings (SSSR count). The van der Waals surface area contributed by atoms with Crippen LogP contribution in [0.5, 0.6) is 0 Å². The largest absolute Gasteiger partial charge is 0.329 e. The minimum atomic E-state index is -0.0919. The van der Waals surface area contributed by atoms with E-state index in [4.69, 9.17) is 11.5 Å². The van der Waals surface area contributed by atoms with E-state index in [2.05, 4.69) is 54.7 Å². The standard InChI is InChI=1S/C18H20N2/c19-12-18(20)15-8-3-7-14(11-15)17-10-4-6-13-5-1-2-9-16(13)17/h1-5,7-11,13,18H,6,12,19-20H2. The lowest BCUT2D eigenvalue weighted by molar-refractivity contribution is 0.736. The second-order valence-electron chi connectivity index (χ2n) is 5.33. The lowest BCUT2D eigenvalue weighted by Gasteiger charge is -2.23. The van der Waals surface area contributed by atoms with Crippen molar-refractivity contribution in [1.82, 2.24) is 0 Å². The topological polar surface area (TPSA) is 52.0 Å². The van der Waals surface area contributed by atoms with Crippen LogP contribution in [0, 0.1) is 5.92 Å². The van der Waals surface area contributed by atoms with Crippen LogP contribution in [-0.4, -0.2) is 6.54 Å². The van der Waals surface area contributed by atoms with Crippen LogP contribution < -0.4 is 11.5 Å². The van der Waals surface area contributed by atoms with Gasteiger partial charge in [0.05, 0.1) is 0 Å². The summed E-state index contributed by atoms with van der Waals surface area (Å²) >= 11 is 0. The number of fused-ring (bicyclic) bond motifs is 1. The van der Waals surface area contributed by atoms with Gasteiger partial charge in [0.25, 0.3) is 0 Å². The third kappa shape index (κ3) is 2.40. The highest BCUT2D eigenvalue weighted by molar-refractivity contribution is 5.81. The Balaban J connectivity index is 2.04. The Morgan fingerprint density at radius 1 is 1.20 bits per heavy atom. The van der Waals surface area contributed by atoms with Crippen molar-refractivity contribution in [1.29, 1.82) is 0 Å². The molecule has 1 aromatic carbocycles. The van der Waals surface area contributed by atoms with E-state index in [1.165, 1.54) is 16.7 Å². The Bertz CT molecular complexity index is 620. The number of benzene rings is 1. The average molecular weight is 264 g/mol. The van der Waals surface area contributed by atoms with Crippen molar-refractivity contribution < 1.29 is 0 Å². The molecule has 0 spiro atoms. The lowest BCUT2D eigenvalue weighted by atomic mass is 9.81. The minimum absolute atomic E-state index is 0.0919. The Morgan fingerprint density at radius 2 is 2.10 bits per heavy atom. The molecule has 2 aliphatic carbocycles. The Labute approximate surface area is 120 Å². The summed E-state index contributed by atoms with van der Waals surface area (Å²) in [5.41, 5.74) is 16.7. The number of hydrogen-bond acceptors (Lipinski definition) is 2. The van der Waals surface area contributed by atoms with Crippen LogP contribution in [0.1, 0.15) is 23.6 Å². The third-order valence-corrected chi connectivity index (χ3v) is 4.00. The quantitative estimate of drug-likeness (QED) is 0.881. The van der Waals surface area contributed by atoms with E-state index in [0.717, 1.165) is 12.0 Å². The Morgan fingerprint density at radius 3 is 2.95 bits per heavy atom. The highest BCUT2D eigenvalue weighted by Gasteiger charge is 2.18. The molecule has 0 aromatic heterocycles. The summed E-state index contributed by atoms with van der Waals surface area (Å²) < 4.78 is 0. The maximum atomic E-state index is 6.04. The van der Waals surface area contributed by atoms with Crippen molar-refractivity contribution in [2.45, 2.75) is 12.5 Å². The van der Waals surface area contributed by atoms with E-state index < -0.39 is 0 Å². The molecule has 0 saturated carbocycles. The molecule has 0 bridgehead atoms. The zero-order valence-electron chi connectivity index (χ0n) is 11.5. The van der Waals surface area contributed by atoms with E-state index in [-0.39, 0.29) is 6.04 Å². The SMILES string of the molecule is NCC(N)c1cccc(C2=C3C=CC=CC3CC=C2)c1. The molecule has 20 heavy (non-hydrogen) atoms. The van der Waals surface area contributed by atoms with Gasteiger partial charge in [-0.05, 0) is 34.8 Å². The van der Waals surface area contributed by atoms with Crippen LogP contribution in [0.4, 0.5) is 0 Å². The van der Waals surface area contributed by atoms with Crippen molar-refractivity contribution >= 4 is 5.57 Å². The van der Waals surface area contributed by atoms with Gasteiger partial charge in [0.2, 0.25) is 0 Å². The fourth-order valence-electron chi connectivity index (χ4n) is 2.84. The summed E-state index contributed by atoms with van der Waals surface area (Å²) in [4.78, 5) is 0. The summed E-state index contributed by atoms with van der Waals surface area (Å²) in [7, 11) is 0. The number of nitrogens with two attached hydrogens (primary N) is 2. The minimum Gasteiger partial charge on any atom is -0.329 e. The van der Waals surface area contributed by atoms with Crippen molar-refractivity contribution in [2.75, 3.05) is 6.54 Å². The molecule has 2 nitrogen and oxygen atoms in total. The predicted octanol–water partition coefficient (Wildman–Crippen LogP) is 3.10. The van der Waals surface area contributed by atoms with E-state index in [0.29, 0.717) is 12.5 Å². The highest BCUT2D eigenvalue weighted by Crippen LogP contribution is 2.35. The smallest absolute Gasteiger partial charge is 0.0419 e. The number of hydrogen-bond donors (Lipinski definition) is 2. The monoisotopic (exact) mass is 264 g/mol. The second-order valence-corrected chi connectivity index (χ2v) is 5.33. The fraction of sp³-hybridized carbons (Fsp3) is 0.222. The zero-order chi connectivity index (χ0) is 13.9. The van der Waals surface area contributed by atoms with Gasteiger partial charge in [-0.2, -0.15) is 0 Å². The van der Waals surface area contributed by atoms with Crippen LogP contribution in [-0.2, 0) is 0 Å². The first-order valence-electron chi connectivity index (χ1n) is 7.11. The van der Waals surface area contributed by atoms with E-state index >= 15 is 0 Å². The first kappa shape index (κ1) is 13.1. The summed E-state index contributed by atoms with van der Waals surface area (Å²) in [5.74, 6) is 0.506. The molecule has 2 atom stereocenters. The van der Waals surface area contributed by atoms with Crippen LogP contribution in [0.3, 0.4) is 0 Å². The summed E-state index contributed by atoms with van der Waals surface area (Å²) in [6.45, 7) is 0.469. The van der Waals surface area contributed by atoms with Crippen molar-refractivity contribution in [3.8, 4) is 0 Å². The molecule has 0 aliphatic heterocycles. The van der Waals surface area contributed by atoms with Gasteiger partial charge in [-0.1, -0.05) is 54.7 Å². The summed E-state index contributed by atoms with van der Waals surface area (Å²) in [6, 6.07) is 8.33. The van der Waals surface area contributed by atoms with Crippen molar-refractivity contribution in [2.24, 2.45) is 17.4 Å². The van der Waals surface area contributed by atoms with Crippen molar-refractivity contribution in [3.63, 3.8) is 0 Å². The van der Waals surface area contributed by atoms with Gasteiger partial charge in [-0.3, -0.25) is 0 Å². The average Bonchev–Trinajstić information content (AvgIpc) is 2.53. The van der Waals surface area contributed by atoms with Gasteiger partial charge in [-0.25, -0.2) is 0 Å². The molecule has 0 radical (unpaired) electrons. The molecule has 0 amide bonds. The normalized spacial score (nSPS) is 22.0. The molecule has 2 unspecified atom stereocenters. The second kappa shape index (κ2) is 5.61. The molecule has 2 heteroatoms. The summed E-state index contributed by atoms with van der Waals surface area (Å²) in [6.07, 6.45) is 14.3. The zero-order valence-corrected chi connectivity index (χ0v) is 11.5. The van der Waals surface area contributed by atoms with Gasteiger partial charge in [-0.15, -0.1) is 0 Å². The van der Waals surface area contributed by atoms with Crippen LogP contribution in [0.2, 0.25) is 0 Å². The number of allylic oxidation sites excluding steroid dienone is 8. The molecule has 102 valence electrons. The fourth-order valence-corrected chi connectivity index (χ4v) is 2.84. The van der Waals surface area contributed by atoms with Crippen molar-refractivity contribution in [3.05, 3.63) is 77.4 Å². The molecule has 0 heterocycles. The summed E-state index contributed by atoms with van der Waals surface area (Å²) in [5, 5.41) is 0. The van der Waals surface area contributed by atoms with E-state index in [1.54, 1.807) is 0 Å². The van der Waals surface area contributed by atoms with E-state index in [9.17, 15) is 0 Å². The molecule has 0 fully saturated rings. The maximum absolute atomic E-state index is 6.04. The Hall–Kier alpha value is -1.90. The molecule has 1 aromatic rings. The van der Waals surface area contributed by atoms with Crippen LogP contribution >= 0.6 is 0 Å². The van der Waals surface area contributed by atoms with Crippen LogP contribution in [0.15, 0.2) is 66.3 Å². The van der Waals surface area contributed by atoms with Gasteiger partial charge in [0.1, 0.15) is 0 Å². The molecule has 0 saturated heterocycles. The van der Waals surface area contributed by atoms with E-state index in [1.807, 2.05) is 6.07 Å². The van der Waals surface area contributed by atoms with Gasteiger partial charge in [0.15, 0.2) is 0 Å². The molecule has 2 aliphatic rings. The first-order chi connectivity index (χ1) is 9.79. The lowest BCUT2D eigenvalue weighted by Crippen LogP contribution is -2.20. The predicted molar refractivity (Wildman–Crippen MR) is 84.9 cm³/mol. The molecular weight excluding hydrogens is 244 g/mol. The maximum Gasteiger partial charge on any atom is 0.0419 e.